The van der Waals surface area contributed by atoms with E-state index in [0.29, 0.717) is 67.6 Å². The summed E-state index contributed by atoms with van der Waals surface area (Å²) in [6, 6.07) is 12.2. The lowest BCUT2D eigenvalue weighted by molar-refractivity contribution is -0.132. The van der Waals surface area contributed by atoms with E-state index in [-0.39, 0.29) is 23.6 Å². The SMILES string of the molecule is CCOc1cc(NC(=O)C2CCN(C(C)=O)CC2)c(OCC)cc1NC(=O)c1ccccc1. The molecule has 3 rings (SSSR count). The van der Waals surface area contributed by atoms with Gasteiger partial charge in [-0.1, -0.05) is 18.2 Å². The number of rotatable bonds is 8. The number of anilines is 2. The van der Waals surface area contributed by atoms with Crippen LogP contribution in [0.25, 0.3) is 0 Å². The van der Waals surface area contributed by atoms with Gasteiger partial charge in [0.25, 0.3) is 5.91 Å². The molecule has 1 saturated heterocycles. The summed E-state index contributed by atoms with van der Waals surface area (Å²) in [6.45, 7) is 7.16. The van der Waals surface area contributed by atoms with Crippen LogP contribution in [0.2, 0.25) is 0 Å². The van der Waals surface area contributed by atoms with Crippen molar-refractivity contribution in [3.05, 3.63) is 48.0 Å². The predicted molar refractivity (Wildman–Crippen MR) is 127 cm³/mol. The molecule has 0 aromatic heterocycles. The van der Waals surface area contributed by atoms with E-state index in [1.54, 1.807) is 48.2 Å². The topological polar surface area (TPSA) is 97.0 Å². The molecule has 0 spiro atoms. The van der Waals surface area contributed by atoms with Crippen LogP contribution in [0.15, 0.2) is 42.5 Å². The first-order valence-corrected chi connectivity index (χ1v) is 11.3. The number of amides is 3. The fourth-order valence-corrected chi connectivity index (χ4v) is 3.78. The Morgan fingerprint density at radius 2 is 1.45 bits per heavy atom. The van der Waals surface area contributed by atoms with Crippen molar-refractivity contribution in [1.82, 2.24) is 4.90 Å². The molecule has 0 radical (unpaired) electrons. The van der Waals surface area contributed by atoms with Crippen LogP contribution in [0.1, 0.15) is 44.0 Å². The molecule has 1 aliphatic heterocycles. The largest absolute Gasteiger partial charge is 0.492 e. The van der Waals surface area contributed by atoms with Gasteiger partial charge in [0.05, 0.1) is 24.6 Å². The van der Waals surface area contributed by atoms with Crippen molar-refractivity contribution >= 4 is 29.1 Å². The van der Waals surface area contributed by atoms with Gasteiger partial charge in [0.15, 0.2) is 0 Å². The van der Waals surface area contributed by atoms with E-state index in [0.717, 1.165) is 0 Å². The van der Waals surface area contributed by atoms with E-state index in [2.05, 4.69) is 10.6 Å². The smallest absolute Gasteiger partial charge is 0.255 e. The van der Waals surface area contributed by atoms with Crippen LogP contribution in [-0.4, -0.2) is 48.9 Å². The molecule has 8 nitrogen and oxygen atoms in total. The van der Waals surface area contributed by atoms with Gasteiger partial charge in [0, 0.05) is 43.6 Å². The number of carbonyl (C=O) groups excluding carboxylic acids is 3. The van der Waals surface area contributed by atoms with Gasteiger partial charge in [0.1, 0.15) is 11.5 Å². The Balaban J connectivity index is 1.81. The minimum Gasteiger partial charge on any atom is -0.492 e. The van der Waals surface area contributed by atoms with Crippen molar-refractivity contribution in [2.24, 2.45) is 5.92 Å². The van der Waals surface area contributed by atoms with Crippen LogP contribution in [-0.2, 0) is 9.59 Å². The molecule has 2 aromatic carbocycles. The predicted octanol–water partition coefficient (Wildman–Crippen LogP) is 3.93. The zero-order valence-electron chi connectivity index (χ0n) is 19.3. The number of piperidine rings is 1. The Labute approximate surface area is 194 Å². The average Bonchev–Trinajstić information content (AvgIpc) is 2.82. The molecule has 2 aromatic rings. The molecule has 0 saturated carbocycles. The lowest BCUT2D eigenvalue weighted by Gasteiger charge is -2.30. The number of ether oxygens (including phenoxy) is 2. The number of likely N-dealkylation sites (tertiary alicyclic amines) is 1. The minimum atomic E-state index is -0.270. The highest BCUT2D eigenvalue weighted by Crippen LogP contribution is 2.37. The van der Waals surface area contributed by atoms with Crippen LogP contribution >= 0.6 is 0 Å². The molecule has 8 heteroatoms. The van der Waals surface area contributed by atoms with E-state index in [1.165, 1.54) is 0 Å². The van der Waals surface area contributed by atoms with E-state index < -0.39 is 0 Å². The summed E-state index contributed by atoms with van der Waals surface area (Å²) in [7, 11) is 0. The third-order valence-corrected chi connectivity index (χ3v) is 5.53. The number of hydrogen-bond acceptors (Lipinski definition) is 5. The lowest BCUT2D eigenvalue weighted by atomic mass is 9.95. The zero-order chi connectivity index (χ0) is 23.8. The molecule has 33 heavy (non-hydrogen) atoms. The molecule has 1 aliphatic rings. The summed E-state index contributed by atoms with van der Waals surface area (Å²) in [5.74, 6) is 0.325. The average molecular weight is 454 g/mol. The first-order chi connectivity index (χ1) is 15.9. The molecule has 0 aliphatic carbocycles. The highest BCUT2D eigenvalue weighted by atomic mass is 16.5. The van der Waals surface area contributed by atoms with Crippen molar-refractivity contribution in [3.63, 3.8) is 0 Å². The maximum absolute atomic E-state index is 12.9. The standard InChI is InChI=1S/C25H31N3O5/c1-4-32-22-16-21(27-25(31)19-11-13-28(14-12-19)17(3)29)23(33-5-2)15-20(22)26-24(30)18-9-7-6-8-10-18/h6-10,15-16,19H,4-5,11-14H2,1-3H3,(H,26,30)(H,27,31). The highest BCUT2D eigenvalue weighted by Gasteiger charge is 2.27. The Morgan fingerprint density at radius 3 is 1.97 bits per heavy atom. The van der Waals surface area contributed by atoms with Crippen LogP contribution in [0.5, 0.6) is 11.5 Å². The van der Waals surface area contributed by atoms with Gasteiger partial charge in [-0.3, -0.25) is 14.4 Å². The first kappa shape index (κ1) is 24.1. The summed E-state index contributed by atoms with van der Waals surface area (Å²) in [6.07, 6.45) is 1.22. The number of nitrogens with one attached hydrogen (secondary N) is 2. The molecule has 0 unspecified atom stereocenters. The van der Waals surface area contributed by atoms with Gasteiger partial charge >= 0.3 is 0 Å². The number of carbonyl (C=O) groups is 3. The van der Waals surface area contributed by atoms with Crippen LogP contribution < -0.4 is 20.1 Å². The fraction of sp³-hybridized carbons (Fsp3) is 0.400. The molecule has 3 amide bonds. The molecule has 1 fully saturated rings. The molecular weight excluding hydrogens is 422 g/mol. The Hall–Kier alpha value is -3.55. The quantitative estimate of drug-likeness (QED) is 0.631. The minimum absolute atomic E-state index is 0.0296. The van der Waals surface area contributed by atoms with Crippen molar-refractivity contribution in [3.8, 4) is 11.5 Å². The van der Waals surface area contributed by atoms with Gasteiger partial charge < -0.3 is 25.0 Å². The molecule has 1 heterocycles. The number of nitrogens with zero attached hydrogens (tertiary/aromatic N) is 1. The number of hydrogen-bond donors (Lipinski definition) is 2. The maximum Gasteiger partial charge on any atom is 0.255 e. The molecule has 0 atom stereocenters. The van der Waals surface area contributed by atoms with Gasteiger partial charge in [-0.25, -0.2) is 0 Å². The van der Waals surface area contributed by atoms with E-state index in [9.17, 15) is 14.4 Å². The summed E-state index contributed by atoms with van der Waals surface area (Å²) in [5.41, 5.74) is 1.46. The third-order valence-electron chi connectivity index (χ3n) is 5.53. The molecule has 0 bridgehead atoms. The van der Waals surface area contributed by atoms with Gasteiger partial charge in [-0.2, -0.15) is 0 Å². The highest BCUT2D eigenvalue weighted by molar-refractivity contribution is 6.05. The van der Waals surface area contributed by atoms with Crippen molar-refractivity contribution in [2.75, 3.05) is 36.9 Å². The van der Waals surface area contributed by atoms with E-state index in [1.807, 2.05) is 19.9 Å². The van der Waals surface area contributed by atoms with Gasteiger partial charge in [-0.15, -0.1) is 0 Å². The Kier molecular flexibility index (Phi) is 8.29. The maximum atomic E-state index is 12.9. The van der Waals surface area contributed by atoms with Crippen LogP contribution in [0, 0.1) is 5.92 Å². The third kappa shape index (κ3) is 6.25. The van der Waals surface area contributed by atoms with Crippen LogP contribution in [0.4, 0.5) is 11.4 Å². The first-order valence-electron chi connectivity index (χ1n) is 11.3. The van der Waals surface area contributed by atoms with Crippen LogP contribution in [0.3, 0.4) is 0 Å². The normalized spacial score (nSPS) is 13.8. The fourth-order valence-electron chi connectivity index (χ4n) is 3.78. The summed E-state index contributed by atoms with van der Waals surface area (Å²) < 4.78 is 11.5. The second-order valence-corrected chi connectivity index (χ2v) is 7.80. The zero-order valence-corrected chi connectivity index (χ0v) is 19.3. The second kappa shape index (κ2) is 11.4. The second-order valence-electron chi connectivity index (χ2n) is 7.80. The van der Waals surface area contributed by atoms with Crippen molar-refractivity contribution in [1.29, 1.82) is 0 Å². The van der Waals surface area contributed by atoms with Gasteiger partial charge in [0.2, 0.25) is 11.8 Å². The molecular formula is C25H31N3O5. The molecule has 2 N–H and O–H groups in total. The number of benzene rings is 2. The molecule has 176 valence electrons. The lowest BCUT2D eigenvalue weighted by Crippen LogP contribution is -2.40. The van der Waals surface area contributed by atoms with E-state index >= 15 is 0 Å². The summed E-state index contributed by atoms with van der Waals surface area (Å²) >= 11 is 0. The Bertz CT molecular complexity index is 985. The van der Waals surface area contributed by atoms with E-state index in [4.69, 9.17) is 9.47 Å². The van der Waals surface area contributed by atoms with Gasteiger partial charge in [-0.05, 0) is 38.8 Å². The summed E-state index contributed by atoms with van der Waals surface area (Å²) in [4.78, 5) is 38.9. The van der Waals surface area contributed by atoms with Crippen molar-refractivity contribution in [2.45, 2.75) is 33.6 Å². The monoisotopic (exact) mass is 453 g/mol. The summed E-state index contributed by atoms with van der Waals surface area (Å²) in [5, 5.41) is 5.84. The Morgan fingerprint density at radius 1 is 0.909 bits per heavy atom. The van der Waals surface area contributed by atoms with Crippen molar-refractivity contribution < 1.29 is 23.9 Å².